The number of carbonyl (C=O) groups excluding carboxylic acids is 6. The molecule has 2 aliphatic rings. The van der Waals surface area contributed by atoms with Gasteiger partial charge in [0.05, 0.1) is 23.0 Å². The van der Waals surface area contributed by atoms with Crippen LogP contribution in [0.4, 0.5) is 26.7 Å². The van der Waals surface area contributed by atoms with Crippen molar-refractivity contribution in [1.82, 2.24) is 34.6 Å². The van der Waals surface area contributed by atoms with Crippen LogP contribution in [0.2, 0.25) is 5.02 Å². The molecule has 2 N–H and O–H groups in total. The molecule has 0 spiro atoms. The van der Waals surface area contributed by atoms with Crippen molar-refractivity contribution >= 4 is 75.4 Å². The number of nitriles is 1. The number of piperidine rings is 1. The molecule has 2 fully saturated rings. The summed E-state index contributed by atoms with van der Waals surface area (Å²) in [6.45, 7) is 11.1. The van der Waals surface area contributed by atoms with Crippen molar-refractivity contribution in [3.05, 3.63) is 89.3 Å². The van der Waals surface area contributed by atoms with Crippen molar-refractivity contribution in [2.45, 2.75) is 78.0 Å². The summed E-state index contributed by atoms with van der Waals surface area (Å²) in [5.74, 6) is -3.34. The third-order valence-corrected chi connectivity index (χ3v) is 10.8. The van der Waals surface area contributed by atoms with Crippen molar-refractivity contribution in [1.29, 1.82) is 5.26 Å². The molecule has 0 aliphatic carbocycles. The van der Waals surface area contributed by atoms with Crippen molar-refractivity contribution in [2.24, 2.45) is 5.92 Å². The standard InChI is InChI=1S/C45H48ClN11O8/c1-44(2,3)64-41(61)37-23-29-22-32(12-14-33(29)57(37)43(63)65-45(4,5)6)49-38(58)36(21-27-7-10-31(11-8-27)50-42(62)53-17-15-28(25-47)16-18-53)55-20-19-54(39(59)40(55)60)35-24-30(46)9-13-34(35)56-26-48-51-52-56/h7-14,22-24,26,28,36H,15-21H2,1-6H3,(H,49,58)(H,50,62)/t36-/m0/s1. The summed E-state index contributed by atoms with van der Waals surface area (Å²) in [7, 11) is 0. The molecule has 338 valence electrons. The highest BCUT2D eigenvalue weighted by Gasteiger charge is 2.41. The lowest BCUT2D eigenvalue weighted by Gasteiger charge is -2.38. The molecule has 4 heterocycles. The Hall–Kier alpha value is -7.33. The first kappa shape index (κ1) is 45.7. The Morgan fingerprint density at radius 2 is 1.52 bits per heavy atom. The summed E-state index contributed by atoms with van der Waals surface area (Å²) in [6.07, 6.45) is 1.70. The third-order valence-electron chi connectivity index (χ3n) is 10.6. The fraction of sp³-hybridized carbons (Fsp3) is 0.378. The number of fused-ring (bicyclic) bond motifs is 1. The second-order valence-corrected chi connectivity index (χ2v) is 18.1. The van der Waals surface area contributed by atoms with Gasteiger partial charge in [-0.2, -0.15) is 9.94 Å². The molecule has 0 bridgehead atoms. The van der Waals surface area contributed by atoms with Crippen LogP contribution in [0.3, 0.4) is 0 Å². The number of tetrazole rings is 1. The van der Waals surface area contributed by atoms with Gasteiger partial charge in [0, 0.05) is 60.3 Å². The molecule has 0 saturated carbocycles. The van der Waals surface area contributed by atoms with E-state index in [0.717, 1.165) is 4.57 Å². The average Bonchev–Trinajstić information content (AvgIpc) is 3.92. The number of anilines is 3. The van der Waals surface area contributed by atoms with Crippen LogP contribution in [0.1, 0.15) is 70.4 Å². The van der Waals surface area contributed by atoms with E-state index < -0.39 is 47.0 Å². The fourth-order valence-electron chi connectivity index (χ4n) is 7.56. The maximum atomic E-state index is 14.5. The number of hydrogen-bond donors (Lipinski definition) is 2. The van der Waals surface area contributed by atoms with E-state index in [0.29, 0.717) is 58.8 Å². The minimum Gasteiger partial charge on any atom is -0.455 e. The minimum atomic E-state index is -1.23. The molecule has 1 atom stereocenters. The Morgan fingerprint density at radius 1 is 0.831 bits per heavy atom. The van der Waals surface area contributed by atoms with E-state index in [9.17, 15) is 34.0 Å². The van der Waals surface area contributed by atoms with E-state index in [1.807, 2.05) is 0 Å². The number of benzene rings is 3. The molecule has 5 amide bonds. The molecule has 2 saturated heterocycles. The Bertz CT molecular complexity index is 2690. The molecule has 20 heteroatoms. The van der Waals surface area contributed by atoms with Gasteiger partial charge in [-0.1, -0.05) is 23.7 Å². The van der Waals surface area contributed by atoms with E-state index in [1.165, 1.54) is 32.9 Å². The van der Waals surface area contributed by atoms with Crippen molar-refractivity contribution in [3.8, 4) is 11.8 Å². The van der Waals surface area contributed by atoms with Crippen molar-refractivity contribution in [2.75, 3.05) is 41.7 Å². The van der Waals surface area contributed by atoms with Crippen molar-refractivity contribution in [3.63, 3.8) is 0 Å². The minimum absolute atomic E-state index is 0.0159. The molecular formula is C45H48ClN11O8. The fourth-order valence-corrected chi connectivity index (χ4v) is 7.73. The van der Waals surface area contributed by atoms with Gasteiger partial charge in [-0.3, -0.25) is 14.4 Å². The van der Waals surface area contributed by atoms with Gasteiger partial charge in [0.15, 0.2) is 0 Å². The zero-order valence-corrected chi connectivity index (χ0v) is 37.5. The number of amides is 5. The smallest absolute Gasteiger partial charge is 0.419 e. The molecule has 2 aliphatic heterocycles. The topological polar surface area (TPSA) is 227 Å². The quantitative estimate of drug-likeness (QED) is 0.125. The number of urea groups is 1. The molecule has 0 unspecified atom stereocenters. The summed E-state index contributed by atoms with van der Waals surface area (Å²) in [5, 5.41) is 27.0. The zero-order valence-electron chi connectivity index (χ0n) is 36.7. The monoisotopic (exact) mass is 905 g/mol. The number of carbonyl (C=O) groups is 6. The second-order valence-electron chi connectivity index (χ2n) is 17.7. The van der Waals surface area contributed by atoms with Crippen LogP contribution in [-0.4, -0.2) is 114 Å². The van der Waals surface area contributed by atoms with Gasteiger partial charge in [-0.15, -0.1) is 5.10 Å². The van der Waals surface area contributed by atoms with Gasteiger partial charge in [-0.05, 0) is 125 Å². The average molecular weight is 906 g/mol. The molecule has 7 rings (SSSR count). The summed E-state index contributed by atoms with van der Waals surface area (Å²) >= 11 is 6.36. The van der Waals surface area contributed by atoms with E-state index in [2.05, 4.69) is 32.2 Å². The Labute approximate surface area is 379 Å². The number of likely N-dealkylation sites (tertiary alicyclic amines) is 1. The largest absolute Gasteiger partial charge is 0.455 e. The molecule has 65 heavy (non-hydrogen) atoms. The molecule has 0 radical (unpaired) electrons. The second kappa shape index (κ2) is 18.4. The van der Waals surface area contributed by atoms with Gasteiger partial charge in [-0.25, -0.2) is 19.0 Å². The normalized spacial score (nSPS) is 15.4. The number of esters is 1. The first-order valence-corrected chi connectivity index (χ1v) is 21.3. The Kier molecular flexibility index (Phi) is 12.9. The maximum Gasteiger partial charge on any atom is 0.419 e. The maximum absolute atomic E-state index is 14.5. The zero-order chi connectivity index (χ0) is 46.8. The van der Waals surface area contributed by atoms with E-state index in [-0.39, 0.29) is 48.5 Å². The predicted octanol–water partition coefficient (Wildman–Crippen LogP) is 6.20. The van der Waals surface area contributed by atoms with Gasteiger partial charge in [0.25, 0.3) is 0 Å². The summed E-state index contributed by atoms with van der Waals surface area (Å²) in [4.78, 5) is 86.9. The van der Waals surface area contributed by atoms with E-state index in [1.54, 1.807) is 101 Å². The SMILES string of the molecule is CC(C)(C)OC(=O)c1cc2cc(NC(=O)[C@H](Cc3ccc(NC(=O)N4CCC(C#N)CC4)cc3)N3CCN(c4cc(Cl)ccc4-n4cnnn4)C(=O)C3=O)ccc2n1C(=O)OC(C)(C)C. The number of ether oxygens (including phenoxy) is 2. The summed E-state index contributed by atoms with van der Waals surface area (Å²) < 4.78 is 13.7. The lowest BCUT2D eigenvalue weighted by Crippen LogP contribution is -2.60. The number of rotatable bonds is 9. The highest BCUT2D eigenvalue weighted by molar-refractivity contribution is 6.41. The number of hydrogen-bond acceptors (Lipinski definition) is 12. The summed E-state index contributed by atoms with van der Waals surface area (Å²) in [6, 6.07) is 18.4. The lowest BCUT2D eigenvalue weighted by molar-refractivity contribution is -0.149. The molecule has 2 aromatic heterocycles. The predicted molar refractivity (Wildman–Crippen MR) is 238 cm³/mol. The van der Waals surface area contributed by atoms with Crippen LogP contribution in [-0.2, 0) is 30.3 Å². The number of nitrogens with zero attached hydrogens (tertiary/aromatic N) is 9. The van der Waals surface area contributed by atoms with Crippen LogP contribution >= 0.6 is 11.6 Å². The van der Waals surface area contributed by atoms with Crippen LogP contribution in [0.25, 0.3) is 16.6 Å². The van der Waals surface area contributed by atoms with Gasteiger partial charge < -0.3 is 34.8 Å². The number of piperazine rings is 1. The molecule has 19 nitrogen and oxygen atoms in total. The van der Waals surface area contributed by atoms with Gasteiger partial charge >= 0.3 is 29.9 Å². The molecule has 3 aromatic carbocycles. The van der Waals surface area contributed by atoms with Crippen LogP contribution in [0.5, 0.6) is 0 Å². The van der Waals surface area contributed by atoms with Crippen molar-refractivity contribution < 1.29 is 38.2 Å². The third kappa shape index (κ3) is 10.6. The highest BCUT2D eigenvalue weighted by atomic mass is 35.5. The number of halogens is 1. The van der Waals surface area contributed by atoms with Gasteiger partial charge in [0.1, 0.15) is 29.3 Å². The van der Waals surface area contributed by atoms with Crippen LogP contribution in [0, 0.1) is 17.2 Å². The highest BCUT2D eigenvalue weighted by Crippen LogP contribution is 2.31. The van der Waals surface area contributed by atoms with Crippen LogP contribution < -0.4 is 15.5 Å². The Morgan fingerprint density at radius 3 is 2.17 bits per heavy atom. The van der Waals surface area contributed by atoms with Crippen LogP contribution in [0.15, 0.2) is 73.1 Å². The molecular weight excluding hydrogens is 858 g/mol. The first-order chi connectivity index (χ1) is 30.8. The molecule has 5 aromatic rings. The summed E-state index contributed by atoms with van der Waals surface area (Å²) in [5.41, 5.74) is 0.530. The van der Waals surface area contributed by atoms with E-state index in [4.69, 9.17) is 21.1 Å². The number of nitrogens with one attached hydrogen (secondary N) is 2. The van der Waals surface area contributed by atoms with Gasteiger partial charge in [0.2, 0.25) is 5.91 Å². The lowest BCUT2D eigenvalue weighted by atomic mass is 9.99. The number of aromatic nitrogens is 5. The first-order valence-electron chi connectivity index (χ1n) is 20.9. The van der Waals surface area contributed by atoms with E-state index >= 15 is 0 Å². The Balaban J connectivity index is 1.17.